The van der Waals surface area contributed by atoms with Gasteiger partial charge in [0.1, 0.15) is 0 Å². The van der Waals surface area contributed by atoms with Crippen molar-refractivity contribution in [1.82, 2.24) is 10.3 Å². The van der Waals surface area contributed by atoms with Crippen LogP contribution in [0.2, 0.25) is 5.02 Å². The molecule has 0 aliphatic carbocycles. The van der Waals surface area contributed by atoms with Crippen LogP contribution in [0.1, 0.15) is 19.4 Å². The first-order chi connectivity index (χ1) is 9.11. The van der Waals surface area contributed by atoms with Gasteiger partial charge in [0.05, 0.1) is 6.61 Å². The van der Waals surface area contributed by atoms with E-state index in [0.717, 1.165) is 23.7 Å². The number of ether oxygens (including phenoxy) is 1. The van der Waals surface area contributed by atoms with Crippen molar-refractivity contribution in [2.75, 3.05) is 13.7 Å². The number of methoxy groups -OCH3 is 1. The monoisotopic (exact) mass is 280 g/mol. The highest BCUT2D eigenvalue weighted by Crippen LogP contribution is 2.22. The number of aromatic amines is 1. The second-order valence-electron chi connectivity index (χ2n) is 5.19. The van der Waals surface area contributed by atoms with Gasteiger partial charge in [-0.3, -0.25) is 0 Å². The average molecular weight is 281 g/mol. The molecule has 19 heavy (non-hydrogen) atoms. The maximum atomic E-state index is 5.99. The van der Waals surface area contributed by atoms with Crippen LogP contribution >= 0.6 is 11.6 Å². The molecule has 2 N–H and O–H groups in total. The van der Waals surface area contributed by atoms with Gasteiger partial charge in [0.2, 0.25) is 0 Å². The Hall–Kier alpha value is -1.03. The molecule has 0 aliphatic heterocycles. The van der Waals surface area contributed by atoms with Crippen LogP contribution in [-0.4, -0.2) is 24.7 Å². The number of benzene rings is 1. The van der Waals surface area contributed by atoms with Crippen molar-refractivity contribution in [2.24, 2.45) is 5.92 Å². The molecule has 4 heteroatoms. The standard InChI is InChI=1S/C15H21ClN2O/c1-10(2)15(9-19-3)18-8-11-7-17-14-6-12(16)4-5-13(11)14/h4-7,10,15,17-18H,8-9H2,1-3H3. The smallest absolute Gasteiger partial charge is 0.0618 e. The lowest BCUT2D eigenvalue weighted by Gasteiger charge is -2.21. The van der Waals surface area contributed by atoms with Crippen LogP contribution in [0.5, 0.6) is 0 Å². The first-order valence-electron chi connectivity index (χ1n) is 6.59. The van der Waals surface area contributed by atoms with Gasteiger partial charge in [-0.05, 0) is 23.6 Å². The zero-order valence-electron chi connectivity index (χ0n) is 11.7. The first kappa shape index (κ1) is 14.4. The molecule has 104 valence electrons. The van der Waals surface area contributed by atoms with E-state index in [4.69, 9.17) is 16.3 Å². The summed E-state index contributed by atoms with van der Waals surface area (Å²) < 4.78 is 5.25. The van der Waals surface area contributed by atoms with Gasteiger partial charge in [-0.1, -0.05) is 31.5 Å². The molecule has 0 spiro atoms. The van der Waals surface area contributed by atoms with Gasteiger partial charge in [-0.15, -0.1) is 0 Å². The van der Waals surface area contributed by atoms with Gasteiger partial charge >= 0.3 is 0 Å². The van der Waals surface area contributed by atoms with Crippen LogP contribution in [0.3, 0.4) is 0 Å². The van der Waals surface area contributed by atoms with Crippen molar-refractivity contribution in [2.45, 2.75) is 26.4 Å². The summed E-state index contributed by atoms with van der Waals surface area (Å²) in [6.45, 7) is 5.96. The molecule has 1 atom stereocenters. The summed E-state index contributed by atoms with van der Waals surface area (Å²) in [7, 11) is 1.74. The van der Waals surface area contributed by atoms with Crippen molar-refractivity contribution in [3.63, 3.8) is 0 Å². The minimum Gasteiger partial charge on any atom is -0.383 e. The van der Waals surface area contributed by atoms with Gasteiger partial charge in [-0.2, -0.15) is 0 Å². The normalized spacial score (nSPS) is 13.3. The van der Waals surface area contributed by atoms with Gasteiger partial charge in [0.25, 0.3) is 0 Å². The number of H-pyrrole nitrogens is 1. The predicted octanol–water partition coefficient (Wildman–Crippen LogP) is 3.58. The summed E-state index contributed by atoms with van der Waals surface area (Å²) in [4.78, 5) is 3.26. The molecule has 0 amide bonds. The zero-order chi connectivity index (χ0) is 13.8. The lowest BCUT2D eigenvalue weighted by molar-refractivity contribution is 0.146. The van der Waals surface area contributed by atoms with Crippen LogP contribution in [0.25, 0.3) is 10.9 Å². The summed E-state index contributed by atoms with van der Waals surface area (Å²) >= 11 is 5.99. The SMILES string of the molecule is COCC(NCc1c[nH]c2cc(Cl)ccc12)C(C)C. The van der Waals surface area contributed by atoms with E-state index in [-0.39, 0.29) is 0 Å². The van der Waals surface area contributed by atoms with Crippen LogP contribution in [0.15, 0.2) is 24.4 Å². The third-order valence-electron chi connectivity index (χ3n) is 3.44. The van der Waals surface area contributed by atoms with Crippen LogP contribution < -0.4 is 5.32 Å². The first-order valence-corrected chi connectivity index (χ1v) is 6.97. The number of nitrogens with one attached hydrogen (secondary N) is 2. The highest BCUT2D eigenvalue weighted by Gasteiger charge is 2.13. The Kier molecular flexibility index (Phi) is 4.86. The largest absolute Gasteiger partial charge is 0.383 e. The second-order valence-corrected chi connectivity index (χ2v) is 5.63. The Morgan fingerprint density at radius 1 is 1.37 bits per heavy atom. The molecule has 0 radical (unpaired) electrons. The molecule has 0 fully saturated rings. The Morgan fingerprint density at radius 2 is 2.16 bits per heavy atom. The molecule has 1 aromatic carbocycles. The van der Waals surface area contributed by atoms with Gasteiger partial charge in [-0.25, -0.2) is 0 Å². The highest BCUT2D eigenvalue weighted by molar-refractivity contribution is 6.31. The maximum absolute atomic E-state index is 5.99. The van der Waals surface area contributed by atoms with Crippen molar-refractivity contribution >= 4 is 22.5 Å². The van der Waals surface area contributed by atoms with E-state index in [1.54, 1.807) is 7.11 Å². The number of rotatable bonds is 6. The number of hydrogen-bond donors (Lipinski definition) is 2. The summed E-state index contributed by atoms with van der Waals surface area (Å²) in [6.07, 6.45) is 2.04. The quantitative estimate of drug-likeness (QED) is 0.849. The fourth-order valence-electron chi connectivity index (χ4n) is 2.21. The van der Waals surface area contributed by atoms with Crippen LogP contribution in [0.4, 0.5) is 0 Å². The fraction of sp³-hybridized carbons (Fsp3) is 0.467. The van der Waals surface area contributed by atoms with Gasteiger partial charge in [0.15, 0.2) is 0 Å². The Bertz CT molecular complexity index is 536. The van der Waals surface area contributed by atoms with Crippen LogP contribution in [0, 0.1) is 5.92 Å². The van der Waals surface area contributed by atoms with E-state index < -0.39 is 0 Å². The van der Waals surface area contributed by atoms with Crippen molar-refractivity contribution < 1.29 is 4.74 Å². The Labute approximate surface area is 119 Å². The Balaban J connectivity index is 2.09. The van der Waals surface area contributed by atoms with Crippen molar-refractivity contribution in [3.8, 4) is 0 Å². The molecule has 2 rings (SSSR count). The van der Waals surface area contributed by atoms with E-state index in [9.17, 15) is 0 Å². The number of halogens is 1. The molecule has 0 saturated heterocycles. The lowest BCUT2D eigenvalue weighted by Crippen LogP contribution is -2.37. The number of fused-ring (bicyclic) bond motifs is 1. The third kappa shape index (κ3) is 3.50. The van der Waals surface area contributed by atoms with E-state index in [1.807, 2.05) is 18.3 Å². The summed E-state index contributed by atoms with van der Waals surface area (Å²) in [6, 6.07) is 6.31. The molecule has 3 nitrogen and oxygen atoms in total. The van der Waals surface area contributed by atoms with E-state index in [1.165, 1.54) is 10.9 Å². The average Bonchev–Trinajstić information content (AvgIpc) is 2.76. The summed E-state index contributed by atoms with van der Waals surface area (Å²) in [5, 5.41) is 5.53. The molecule has 0 bridgehead atoms. The minimum atomic E-state index is 0.363. The second kappa shape index (κ2) is 6.42. The Morgan fingerprint density at radius 3 is 2.84 bits per heavy atom. The topological polar surface area (TPSA) is 37.0 Å². The molecule has 0 saturated carbocycles. The number of aromatic nitrogens is 1. The molecule has 1 unspecified atom stereocenters. The molecule has 1 aromatic heterocycles. The lowest BCUT2D eigenvalue weighted by atomic mass is 10.0. The number of hydrogen-bond acceptors (Lipinski definition) is 2. The molecule has 1 heterocycles. The third-order valence-corrected chi connectivity index (χ3v) is 3.67. The van der Waals surface area contributed by atoms with E-state index in [0.29, 0.717) is 12.0 Å². The van der Waals surface area contributed by atoms with Gasteiger partial charge in [0, 0.05) is 41.8 Å². The van der Waals surface area contributed by atoms with Crippen molar-refractivity contribution in [3.05, 3.63) is 35.0 Å². The zero-order valence-corrected chi connectivity index (χ0v) is 12.4. The summed E-state index contributed by atoms with van der Waals surface area (Å²) in [5.74, 6) is 0.541. The molecular formula is C15H21ClN2O. The molecule has 0 aliphatic rings. The summed E-state index contributed by atoms with van der Waals surface area (Å²) in [5.41, 5.74) is 2.34. The fourth-order valence-corrected chi connectivity index (χ4v) is 2.38. The molecule has 2 aromatic rings. The predicted molar refractivity (Wildman–Crippen MR) is 80.7 cm³/mol. The van der Waals surface area contributed by atoms with E-state index >= 15 is 0 Å². The van der Waals surface area contributed by atoms with Gasteiger partial charge < -0.3 is 15.0 Å². The van der Waals surface area contributed by atoms with E-state index in [2.05, 4.69) is 30.2 Å². The maximum Gasteiger partial charge on any atom is 0.0618 e. The molecular weight excluding hydrogens is 260 g/mol. The highest BCUT2D eigenvalue weighted by atomic mass is 35.5. The van der Waals surface area contributed by atoms with Crippen LogP contribution in [-0.2, 0) is 11.3 Å². The minimum absolute atomic E-state index is 0.363. The van der Waals surface area contributed by atoms with Crippen molar-refractivity contribution in [1.29, 1.82) is 0 Å².